The van der Waals surface area contributed by atoms with Crippen molar-refractivity contribution in [1.29, 1.82) is 0 Å². The minimum atomic E-state index is -0.879. The molecule has 0 radical (unpaired) electrons. The number of allylic oxidation sites excluding steroid dienone is 1. The summed E-state index contributed by atoms with van der Waals surface area (Å²) in [5, 5.41) is 8.83. The van der Waals surface area contributed by atoms with Crippen molar-refractivity contribution in [3.63, 3.8) is 0 Å². The second kappa shape index (κ2) is 4.41. The molecule has 0 saturated heterocycles. The van der Waals surface area contributed by atoms with Gasteiger partial charge in [0, 0.05) is 3.57 Å². The summed E-state index contributed by atoms with van der Waals surface area (Å²) in [5.41, 5.74) is 1.34. The molecule has 3 heteroatoms. The first-order valence-corrected chi connectivity index (χ1v) is 4.85. The van der Waals surface area contributed by atoms with Crippen LogP contribution in [0, 0.1) is 3.57 Å². The normalized spacial score (nSPS) is 9.62. The van der Waals surface area contributed by atoms with Gasteiger partial charge in [0.1, 0.15) is 0 Å². The molecule has 0 atom stereocenters. The van der Waals surface area contributed by atoms with Crippen molar-refractivity contribution in [3.8, 4) is 0 Å². The lowest BCUT2D eigenvalue weighted by atomic mass is 10.1. The Kier molecular flexibility index (Phi) is 3.48. The fourth-order valence-corrected chi connectivity index (χ4v) is 1.60. The van der Waals surface area contributed by atoms with Crippen molar-refractivity contribution < 1.29 is 9.90 Å². The zero-order valence-electron chi connectivity index (χ0n) is 6.96. The zero-order chi connectivity index (χ0) is 9.84. The van der Waals surface area contributed by atoms with Crippen LogP contribution in [0.15, 0.2) is 30.9 Å². The zero-order valence-corrected chi connectivity index (χ0v) is 9.11. The van der Waals surface area contributed by atoms with Crippen LogP contribution in [0.4, 0.5) is 0 Å². The van der Waals surface area contributed by atoms with Gasteiger partial charge in [-0.15, -0.1) is 6.58 Å². The number of benzene rings is 1. The fourth-order valence-electron chi connectivity index (χ4n) is 1.03. The first kappa shape index (κ1) is 10.2. The molecule has 0 saturated carbocycles. The first-order valence-electron chi connectivity index (χ1n) is 3.77. The van der Waals surface area contributed by atoms with E-state index in [1.807, 2.05) is 34.7 Å². The van der Waals surface area contributed by atoms with E-state index >= 15 is 0 Å². The lowest BCUT2D eigenvalue weighted by Crippen LogP contribution is -2.00. The first-order chi connectivity index (χ1) is 6.15. The maximum Gasteiger partial charge on any atom is 0.336 e. The van der Waals surface area contributed by atoms with Crippen LogP contribution in [-0.4, -0.2) is 11.1 Å². The van der Waals surface area contributed by atoms with Crippen LogP contribution in [0.1, 0.15) is 15.9 Å². The molecule has 0 aromatic heterocycles. The Labute approximate surface area is 90.4 Å². The minimum absolute atomic E-state index is 0.361. The third-order valence-corrected chi connectivity index (χ3v) is 2.58. The maximum atomic E-state index is 10.7. The largest absolute Gasteiger partial charge is 0.478 e. The van der Waals surface area contributed by atoms with E-state index in [2.05, 4.69) is 6.58 Å². The predicted octanol–water partition coefficient (Wildman–Crippen LogP) is 2.72. The topological polar surface area (TPSA) is 37.3 Å². The van der Waals surface area contributed by atoms with Crippen LogP contribution >= 0.6 is 22.6 Å². The minimum Gasteiger partial charge on any atom is -0.478 e. The van der Waals surface area contributed by atoms with Gasteiger partial charge < -0.3 is 5.11 Å². The number of halogens is 1. The van der Waals surface area contributed by atoms with Gasteiger partial charge in [-0.3, -0.25) is 0 Å². The standard InChI is InChI=1S/C10H9IO2/c1-2-3-7-4-5-9(11)8(6-7)10(12)13/h2,4-6H,1,3H2,(H,12,13). The fraction of sp³-hybridized carbons (Fsp3) is 0.100. The average Bonchev–Trinajstić information content (AvgIpc) is 2.08. The van der Waals surface area contributed by atoms with Gasteiger partial charge in [0.15, 0.2) is 0 Å². The highest BCUT2D eigenvalue weighted by Gasteiger charge is 2.07. The summed E-state index contributed by atoms with van der Waals surface area (Å²) in [6.45, 7) is 3.60. The van der Waals surface area contributed by atoms with Gasteiger partial charge in [0.05, 0.1) is 5.56 Å². The summed E-state index contributed by atoms with van der Waals surface area (Å²) >= 11 is 2.01. The van der Waals surface area contributed by atoms with Gasteiger partial charge in [0.25, 0.3) is 0 Å². The second-order valence-corrected chi connectivity index (χ2v) is 3.77. The van der Waals surface area contributed by atoms with Crippen molar-refractivity contribution in [2.75, 3.05) is 0 Å². The Morgan fingerprint density at radius 2 is 2.31 bits per heavy atom. The third-order valence-electron chi connectivity index (χ3n) is 1.64. The molecule has 0 aliphatic carbocycles. The number of rotatable bonds is 3. The van der Waals surface area contributed by atoms with Crippen LogP contribution in [-0.2, 0) is 6.42 Å². The van der Waals surface area contributed by atoms with Gasteiger partial charge in [-0.1, -0.05) is 12.1 Å². The maximum absolute atomic E-state index is 10.7. The van der Waals surface area contributed by atoms with Crippen molar-refractivity contribution >= 4 is 28.6 Å². The second-order valence-electron chi connectivity index (χ2n) is 2.61. The highest BCUT2D eigenvalue weighted by atomic mass is 127. The molecule has 0 unspecified atom stereocenters. The van der Waals surface area contributed by atoms with Gasteiger partial charge in [-0.05, 0) is 46.7 Å². The van der Waals surface area contributed by atoms with Crippen molar-refractivity contribution in [2.45, 2.75) is 6.42 Å². The number of hydrogen-bond acceptors (Lipinski definition) is 1. The quantitative estimate of drug-likeness (QED) is 0.686. The van der Waals surface area contributed by atoms with Crippen molar-refractivity contribution in [2.24, 2.45) is 0 Å². The summed E-state index contributed by atoms with van der Waals surface area (Å²) in [4.78, 5) is 10.7. The predicted molar refractivity (Wildman–Crippen MR) is 60.0 cm³/mol. The molecule has 0 fully saturated rings. The van der Waals surface area contributed by atoms with E-state index in [0.29, 0.717) is 12.0 Å². The molecule has 0 aliphatic heterocycles. The van der Waals surface area contributed by atoms with Crippen LogP contribution in [0.2, 0.25) is 0 Å². The summed E-state index contributed by atoms with van der Waals surface area (Å²) in [7, 11) is 0. The Morgan fingerprint density at radius 3 is 2.85 bits per heavy atom. The molecule has 1 N–H and O–H groups in total. The highest BCUT2D eigenvalue weighted by Crippen LogP contribution is 2.15. The van der Waals surface area contributed by atoms with E-state index in [4.69, 9.17) is 5.11 Å². The molecule has 0 heterocycles. The van der Waals surface area contributed by atoms with E-state index in [1.54, 1.807) is 12.1 Å². The lowest BCUT2D eigenvalue weighted by Gasteiger charge is -2.01. The molecule has 0 bridgehead atoms. The van der Waals surface area contributed by atoms with Crippen LogP contribution < -0.4 is 0 Å². The number of aromatic carboxylic acids is 1. The monoisotopic (exact) mass is 288 g/mol. The van der Waals surface area contributed by atoms with Gasteiger partial charge in [-0.25, -0.2) is 4.79 Å². The molecular formula is C10H9IO2. The summed E-state index contributed by atoms with van der Waals surface area (Å²) in [6, 6.07) is 5.41. The molecule has 68 valence electrons. The Hall–Kier alpha value is -0.840. The van der Waals surface area contributed by atoms with Gasteiger partial charge in [0.2, 0.25) is 0 Å². The van der Waals surface area contributed by atoms with Crippen LogP contribution in [0.25, 0.3) is 0 Å². The average molecular weight is 288 g/mol. The Morgan fingerprint density at radius 1 is 1.62 bits per heavy atom. The SMILES string of the molecule is C=CCc1ccc(I)c(C(=O)O)c1. The van der Waals surface area contributed by atoms with Crippen molar-refractivity contribution in [1.82, 2.24) is 0 Å². The summed E-state index contributed by atoms with van der Waals surface area (Å²) < 4.78 is 0.762. The molecular weight excluding hydrogens is 279 g/mol. The lowest BCUT2D eigenvalue weighted by molar-refractivity contribution is 0.0695. The molecule has 1 aromatic rings. The molecule has 2 nitrogen and oxygen atoms in total. The number of hydrogen-bond donors (Lipinski definition) is 1. The van der Waals surface area contributed by atoms with Crippen LogP contribution in [0.5, 0.6) is 0 Å². The smallest absolute Gasteiger partial charge is 0.336 e. The Bertz CT molecular complexity index is 345. The number of carbonyl (C=O) groups is 1. The highest BCUT2D eigenvalue weighted by molar-refractivity contribution is 14.1. The summed E-state index contributed by atoms with van der Waals surface area (Å²) in [6.07, 6.45) is 2.46. The Balaban J connectivity index is 3.10. The molecule has 0 aliphatic rings. The van der Waals surface area contributed by atoms with Gasteiger partial charge in [-0.2, -0.15) is 0 Å². The van der Waals surface area contributed by atoms with Gasteiger partial charge >= 0.3 is 5.97 Å². The van der Waals surface area contributed by atoms with Crippen molar-refractivity contribution in [3.05, 3.63) is 45.6 Å². The van der Waals surface area contributed by atoms with E-state index in [9.17, 15) is 4.79 Å². The number of carboxylic acids is 1. The van der Waals surface area contributed by atoms with E-state index in [1.165, 1.54) is 0 Å². The summed E-state index contributed by atoms with van der Waals surface area (Å²) in [5.74, 6) is -0.879. The molecule has 0 spiro atoms. The molecule has 0 amide bonds. The van der Waals surface area contributed by atoms with Crippen LogP contribution in [0.3, 0.4) is 0 Å². The van der Waals surface area contributed by atoms with E-state index < -0.39 is 5.97 Å². The molecule has 1 rings (SSSR count). The van der Waals surface area contributed by atoms with E-state index in [-0.39, 0.29) is 0 Å². The van der Waals surface area contributed by atoms with E-state index in [0.717, 1.165) is 9.13 Å². The number of carboxylic acid groups (broad SMARTS) is 1. The molecule has 13 heavy (non-hydrogen) atoms. The third kappa shape index (κ3) is 2.55. The molecule has 1 aromatic carbocycles.